The van der Waals surface area contributed by atoms with Crippen molar-refractivity contribution in [2.75, 3.05) is 0 Å². The third-order valence-electron chi connectivity index (χ3n) is 2.84. The van der Waals surface area contributed by atoms with E-state index in [1.165, 1.54) is 11.1 Å². The maximum atomic E-state index is 5.92. The average Bonchev–Trinajstić information content (AvgIpc) is 2.16. The maximum Gasteiger partial charge on any atom is 0.123 e. The Bertz CT molecular complexity index is 345. The molecule has 0 aliphatic heterocycles. The molecular formula is C14H23NO. The zero-order valence-electron chi connectivity index (χ0n) is 10.9. The fourth-order valence-electron chi connectivity index (χ4n) is 1.53. The lowest BCUT2D eigenvalue weighted by atomic mass is 10.0. The van der Waals surface area contributed by atoms with E-state index in [2.05, 4.69) is 39.0 Å². The molecule has 0 radical (unpaired) electrons. The Morgan fingerprint density at radius 2 is 1.75 bits per heavy atom. The summed E-state index contributed by atoms with van der Waals surface area (Å²) in [5.74, 6) is 1.44. The van der Waals surface area contributed by atoms with Crippen LogP contribution in [0.4, 0.5) is 0 Å². The van der Waals surface area contributed by atoms with E-state index in [9.17, 15) is 0 Å². The van der Waals surface area contributed by atoms with E-state index in [0.717, 1.165) is 5.75 Å². The van der Waals surface area contributed by atoms with Gasteiger partial charge in [-0.3, -0.25) is 0 Å². The zero-order chi connectivity index (χ0) is 12.3. The van der Waals surface area contributed by atoms with Gasteiger partial charge in [-0.1, -0.05) is 26.0 Å². The summed E-state index contributed by atoms with van der Waals surface area (Å²) in [5, 5.41) is 0. The topological polar surface area (TPSA) is 35.2 Å². The van der Waals surface area contributed by atoms with Crippen LogP contribution in [-0.2, 0) is 0 Å². The summed E-state index contributed by atoms with van der Waals surface area (Å²) >= 11 is 0. The smallest absolute Gasteiger partial charge is 0.123 e. The van der Waals surface area contributed by atoms with Gasteiger partial charge in [0.25, 0.3) is 0 Å². The van der Waals surface area contributed by atoms with E-state index in [-0.39, 0.29) is 12.1 Å². The summed E-state index contributed by atoms with van der Waals surface area (Å²) in [6.07, 6.45) is 0.0410. The SMILES string of the molecule is Cc1ccc(C(C)C)c(OC(C)[C@H](C)N)c1. The second kappa shape index (κ2) is 5.35. The Hall–Kier alpha value is -1.02. The molecule has 1 rings (SSSR count). The number of hydrogen-bond donors (Lipinski definition) is 1. The molecule has 0 spiro atoms. The summed E-state index contributed by atoms with van der Waals surface area (Å²) in [4.78, 5) is 0. The second-order valence-electron chi connectivity index (χ2n) is 4.88. The molecule has 0 heterocycles. The van der Waals surface area contributed by atoms with Crippen LogP contribution < -0.4 is 10.5 Å². The maximum absolute atomic E-state index is 5.92. The highest BCUT2D eigenvalue weighted by Gasteiger charge is 2.13. The van der Waals surface area contributed by atoms with Crippen LogP contribution in [0, 0.1) is 6.92 Å². The molecule has 2 heteroatoms. The van der Waals surface area contributed by atoms with Gasteiger partial charge in [-0.05, 0) is 43.9 Å². The predicted octanol–water partition coefficient (Wildman–Crippen LogP) is 3.23. The van der Waals surface area contributed by atoms with E-state index >= 15 is 0 Å². The quantitative estimate of drug-likeness (QED) is 0.847. The first-order chi connectivity index (χ1) is 7.41. The molecule has 1 unspecified atom stereocenters. The summed E-state index contributed by atoms with van der Waals surface area (Å²) in [7, 11) is 0. The second-order valence-corrected chi connectivity index (χ2v) is 4.88. The Labute approximate surface area is 98.8 Å². The molecule has 0 saturated carbocycles. The Morgan fingerprint density at radius 3 is 2.25 bits per heavy atom. The number of benzene rings is 1. The highest BCUT2D eigenvalue weighted by molar-refractivity contribution is 5.39. The third kappa shape index (κ3) is 3.24. The van der Waals surface area contributed by atoms with Crippen molar-refractivity contribution in [2.24, 2.45) is 5.73 Å². The molecule has 16 heavy (non-hydrogen) atoms. The molecule has 2 nitrogen and oxygen atoms in total. The Morgan fingerprint density at radius 1 is 1.12 bits per heavy atom. The number of rotatable bonds is 4. The van der Waals surface area contributed by atoms with E-state index in [0.29, 0.717) is 5.92 Å². The van der Waals surface area contributed by atoms with Crippen molar-refractivity contribution in [3.63, 3.8) is 0 Å². The highest BCUT2D eigenvalue weighted by atomic mass is 16.5. The average molecular weight is 221 g/mol. The molecule has 1 aromatic carbocycles. The van der Waals surface area contributed by atoms with Crippen molar-refractivity contribution < 1.29 is 4.74 Å². The van der Waals surface area contributed by atoms with E-state index < -0.39 is 0 Å². The minimum absolute atomic E-state index is 0.0410. The molecule has 0 aromatic heterocycles. The summed E-state index contributed by atoms with van der Waals surface area (Å²) in [6, 6.07) is 6.40. The zero-order valence-corrected chi connectivity index (χ0v) is 10.9. The van der Waals surface area contributed by atoms with Crippen molar-refractivity contribution in [1.29, 1.82) is 0 Å². The summed E-state index contributed by atoms with van der Waals surface area (Å²) < 4.78 is 5.92. The van der Waals surface area contributed by atoms with E-state index in [1.807, 2.05) is 13.8 Å². The van der Waals surface area contributed by atoms with Crippen LogP contribution in [0.2, 0.25) is 0 Å². The molecule has 0 aliphatic rings. The fourth-order valence-corrected chi connectivity index (χ4v) is 1.53. The lowest BCUT2D eigenvalue weighted by molar-refractivity contribution is 0.194. The Kier molecular flexibility index (Phi) is 4.36. The van der Waals surface area contributed by atoms with Crippen LogP contribution >= 0.6 is 0 Å². The van der Waals surface area contributed by atoms with Crippen molar-refractivity contribution in [1.82, 2.24) is 0 Å². The lowest BCUT2D eigenvalue weighted by Crippen LogP contribution is -2.33. The van der Waals surface area contributed by atoms with Crippen LogP contribution in [0.3, 0.4) is 0 Å². The minimum atomic E-state index is 0.0410. The lowest BCUT2D eigenvalue weighted by Gasteiger charge is -2.21. The van der Waals surface area contributed by atoms with Gasteiger partial charge in [0.05, 0.1) is 0 Å². The van der Waals surface area contributed by atoms with Gasteiger partial charge in [0.1, 0.15) is 11.9 Å². The monoisotopic (exact) mass is 221 g/mol. The number of hydrogen-bond acceptors (Lipinski definition) is 2. The molecule has 2 N–H and O–H groups in total. The molecule has 0 aliphatic carbocycles. The molecule has 1 aromatic rings. The highest BCUT2D eigenvalue weighted by Crippen LogP contribution is 2.28. The van der Waals surface area contributed by atoms with Crippen LogP contribution in [-0.4, -0.2) is 12.1 Å². The van der Waals surface area contributed by atoms with Crippen molar-refractivity contribution in [2.45, 2.75) is 52.7 Å². The first-order valence-corrected chi connectivity index (χ1v) is 5.94. The van der Waals surface area contributed by atoms with Crippen LogP contribution in [0.25, 0.3) is 0 Å². The Balaban J connectivity index is 2.96. The van der Waals surface area contributed by atoms with Gasteiger partial charge in [-0.25, -0.2) is 0 Å². The van der Waals surface area contributed by atoms with Gasteiger partial charge in [0, 0.05) is 6.04 Å². The molecule has 90 valence electrons. The molecule has 2 atom stereocenters. The van der Waals surface area contributed by atoms with Crippen molar-refractivity contribution in [3.05, 3.63) is 29.3 Å². The standard InChI is InChI=1S/C14H23NO/c1-9(2)13-7-6-10(3)8-14(13)16-12(5)11(4)15/h6-9,11-12H,15H2,1-5H3/t11-,12?/m0/s1. The van der Waals surface area contributed by atoms with Crippen LogP contribution in [0.5, 0.6) is 5.75 Å². The third-order valence-corrected chi connectivity index (χ3v) is 2.84. The molecule has 0 bridgehead atoms. The van der Waals surface area contributed by atoms with Crippen molar-refractivity contribution >= 4 is 0 Å². The van der Waals surface area contributed by atoms with E-state index in [1.54, 1.807) is 0 Å². The largest absolute Gasteiger partial charge is 0.489 e. The van der Waals surface area contributed by atoms with Gasteiger partial charge in [-0.2, -0.15) is 0 Å². The van der Waals surface area contributed by atoms with Crippen LogP contribution in [0.1, 0.15) is 44.7 Å². The fraction of sp³-hybridized carbons (Fsp3) is 0.571. The van der Waals surface area contributed by atoms with Gasteiger partial charge < -0.3 is 10.5 Å². The van der Waals surface area contributed by atoms with Crippen molar-refractivity contribution in [3.8, 4) is 5.75 Å². The summed E-state index contributed by atoms with van der Waals surface area (Å²) in [6.45, 7) is 10.4. The normalized spacial score (nSPS) is 14.9. The van der Waals surface area contributed by atoms with Crippen LogP contribution in [0.15, 0.2) is 18.2 Å². The van der Waals surface area contributed by atoms with Gasteiger partial charge in [0.15, 0.2) is 0 Å². The number of ether oxygens (including phenoxy) is 1. The number of nitrogens with two attached hydrogens (primary N) is 1. The minimum Gasteiger partial charge on any atom is -0.489 e. The van der Waals surface area contributed by atoms with Gasteiger partial charge in [-0.15, -0.1) is 0 Å². The molecule has 0 saturated heterocycles. The first-order valence-electron chi connectivity index (χ1n) is 5.94. The van der Waals surface area contributed by atoms with Gasteiger partial charge >= 0.3 is 0 Å². The molecule has 0 fully saturated rings. The van der Waals surface area contributed by atoms with Gasteiger partial charge in [0.2, 0.25) is 0 Å². The predicted molar refractivity (Wildman–Crippen MR) is 69.0 cm³/mol. The number of aryl methyl sites for hydroxylation is 1. The molecular weight excluding hydrogens is 198 g/mol. The van der Waals surface area contributed by atoms with E-state index in [4.69, 9.17) is 10.5 Å². The summed E-state index contributed by atoms with van der Waals surface area (Å²) in [5.41, 5.74) is 8.29. The molecule has 0 amide bonds. The first kappa shape index (κ1) is 13.0.